The maximum Gasteiger partial charge on any atom is 0.237 e. The molecule has 0 saturated carbocycles. The number of carbonyl (C=O) groups is 1. The van der Waals surface area contributed by atoms with Gasteiger partial charge in [0, 0.05) is 5.69 Å². The second-order valence-electron chi connectivity index (χ2n) is 5.38. The molecule has 2 aromatic heterocycles. The van der Waals surface area contributed by atoms with E-state index in [0.717, 1.165) is 21.9 Å². The summed E-state index contributed by atoms with van der Waals surface area (Å²) in [6.45, 7) is 1.86. The molecule has 0 aliphatic heterocycles. The van der Waals surface area contributed by atoms with Crippen LogP contribution in [0.2, 0.25) is 0 Å². The highest BCUT2D eigenvalue weighted by Crippen LogP contribution is 2.26. The molecule has 24 heavy (non-hydrogen) atoms. The van der Waals surface area contributed by atoms with Gasteiger partial charge in [-0.2, -0.15) is 0 Å². The number of H-pyrrole nitrogens is 1. The number of thioether (sulfide) groups is 1. The fourth-order valence-corrected chi connectivity index (χ4v) is 3.37. The van der Waals surface area contributed by atoms with Gasteiger partial charge in [-0.25, -0.2) is 10.1 Å². The molecule has 0 aliphatic carbocycles. The minimum Gasteiger partial charge on any atom is -0.325 e. The number of aromatic amines is 1. The molecule has 7 heteroatoms. The van der Waals surface area contributed by atoms with E-state index in [1.54, 1.807) is 0 Å². The second-order valence-corrected chi connectivity index (χ2v) is 6.69. The van der Waals surface area contributed by atoms with Crippen LogP contribution in [-0.4, -0.2) is 30.7 Å². The minimum atomic E-state index is -0.294. The molecule has 1 atom stereocenters. The fourth-order valence-electron chi connectivity index (χ4n) is 2.50. The van der Waals surface area contributed by atoms with E-state index in [9.17, 15) is 4.79 Å². The van der Waals surface area contributed by atoms with Crippen molar-refractivity contribution in [1.82, 2.24) is 19.6 Å². The molecule has 4 aromatic rings. The number of aromatic nitrogens is 4. The van der Waals surface area contributed by atoms with Crippen molar-refractivity contribution < 1.29 is 4.79 Å². The standard InChI is InChI=1S/C17H15N5OS/c1-11(15(23)18-12-7-3-2-4-8-12)24-17-21-20-16-19-13-9-5-6-10-14(13)22(16)17/h2-11H,1H3,(H,18,23)(H,19,20)/t11-/m0/s1. The molecule has 0 saturated heterocycles. The van der Waals surface area contributed by atoms with Gasteiger partial charge >= 0.3 is 0 Å². The number of para-hydroxylation sites is 3. The fraction of sp³-hybridized carbons (Fsp3) is 0.118. The van der Waals surface area contributed by atoms with Gasteiger partial charge in [-0.1, -0.05) is 42.1 Å². The number of nitrogens with one attached hydrogen (secondary N) is 2. The smallest absolute Gasteiger partial charge is 0.237 e. The number of hydrogen-bond donors (Lipinski definition) is 2. The van der Waals surface area contributed by atoms with E-state index in [1.807, 2.05) is 65.9 Å². The van der Waals surface area contributed by atoms with Gasteiger partial charge in [0.2, 0.25) is 11.7 Å². The quantitative estimate of drug-likeness (QED) is 0.560. The summed E-state index contributed by atoms with van der Waals surface area (Å²) in [7, 11) is 0. The number of anilines is 1. The van der Waals surface area contributed by atoms with Gasteiger partial charge in [0.05, 0.1) is 16.3 Å². The van der Waals surface area contributed by atoms with E-state index < -0.39 is 0 Å². The van der Waals surface area contributed by atoms with Crippen LogP contribution in [0.15, 0.2) is 59.8 Å². The lowest BCUT2D eigenvalue weighted by atomic mass is 10.3. The summed E-state index contributed by atoms with van der Waals surface area (Å²) in [5, 5.41) is 10.5. The van der Waals surface area contributed by atoms with Gasteiger partial charge in [-0.15, -0.1) is 5.10 Å². The Kier molecular flexibility index (Phi) is 3.70. The predicted molar refractivity (Wildman–Crippen MR) is 95.2 cm³/mol. The van der Waals surface area contributed by atoms with Crippen LogP contribution in [0, 0.1) is 0 Å². The first-order valence-corrected chi connectivity index (χ1v) is 8.44. The average Bonchev–Trinajstić information content (AvgIpc) is 3.15. The molecule has 0 bridgehead atoms. The van der Waals surface area contributed by atoms with Gasteiger partial charge in [0.15, 0.2) is 5.16 Å². The Morgan fingerprint density at radius 1 is 1.17 bits per heavy atom. The zero-order valence-corrected chi connectivity index (χ0v) is 13.7. The van der Waals surface area contributed by atoms with E-state index in [2.05, 4.69) is 20.5 Å². The summed E-state index contributed by atoms with van der Waals surface area (Å²) in [4.78, 5) is 16.9. The van der Waals surface area contributed by atoms with E-state index in [-0.39, 0.29) is 11.2 Å². The summed E-state index contributed by atoms with van der Waals surface area (Å²) in [5.41, 5.74) is 2.66. The number of hydrogen-bond acceptors (Lipinski definition) is 4. The Balaban J connectivity index is 1.58. The lowest BCUT2D eigenvalue weighted by molar-refractivity contribution is -0.115. The Labute approximate surface area is 142 Å². The van der Waals surface area contributed by atoms with Crippen molar-refractivity contribution in [3.05, 3.63) is 54.6 Å². The SMILES string of the molecule is C[C@H](Sc1n[nH]c2nc3ccccc3n12)C(=O)Nc1ccccc1. The minimum absolute atomic E-state index is 0.0632. The van der Waals surface area contributed by atoms with Crippen molar-refractivity contribution in [2.45, 2.75) is 17.3 Å². The monoisotopic (exact) mass is 337 g/mol. The summed E-state index contributed by atoms with van der Waals surface area (Å²) in [6.07, 6.45) is 0. The largest absolute Gasteiger partial charge is 0.325 e. The molecule has 4 rings (SSSR count). The van der Waals surface area contributed by atoms with Crippen LogP contribution in [0.5, 0.6) is 0 Å². The van der Waals surface area contributed by atoms with Crippen LogP contribution >= 0.6 is 11.8 Å². The predicted octanol–water partition coefficient (Wildman–Crippen LogP) is 3.33. The molecule has 6 nitrogen and oxygen atoms in total. The Hall–Kier alpha value is -2.80. The van der Waals surface area contributed by atoms with Crippen molar-refractivity contribution >= 4 is 40.2 Å². The molecule has 0 unspecified atom stereocenters. The molecule has 2 heterocycles. The first-order valence-electron chi connectivity index (χ1n) is 7.56. The summed E-state index contributed by atoms with van der Waals surface area (Å²) in [6, 6.07) is 17.3. The molecule has 0 fully saturated rings. The van der Waals surface area contributed by atoms with Gasteiger partial charge < -0.3 is 5.32 Å². The summed E-state index contributed by atoms with van der Waals surface area (Å²) in [5.74, 6) is 0.612. The van der Waals surface area contributed by atoms with E-state index in [1.165, 1.54) is 11.8 Å². The Morgan fingerprint density at radius 2 is 1.92 bits per heavy atom. The highest BCUT2D eigenvalue weighted by atomic mass is 32.2. The number of rotatable bonds is 4. The third-order valence-corrected chi connectivity index (χ3v) is 4.75. The lowest BCUT2D eigenvalue weighted by Gasteiger charge is -2.10. The maximum atomic E-state index is 12.4. The van der Waals surface area contributed by atoms with Gasteiger partial charge in [-0.3, -0.25) is 9.20 Å². The van der Waals surface area contributed by atoms with Crippen LogP contribution < -0.4 is 5.32 Å². The van der Waals surface area contributed by atoms with Crippen molar-refractivity contribution in [2.75, 3.05) is 5.32 Å². The molecular formula is C17H15N5OS. The number of amides is 1. The van der Waals surface area contributed by atoms with Crippen molar-refractivity contribution in [3.8, 4) is 0 Å². The van der Waals surface area contributed by atoms with Crippen LogP contribution in [-0.2, 0) is 4.79 Å². The van der Waals surface area contributed by atoms with Gasteiger partial charge in [0.1, 0.15) is 0 Å². The van der Waals surface area contributed by atoms with Crippen LogP contribution in [0.4, 0.5) is 5.69 Å². The molecule has 1 amide bonds. The van der Waals surface area contributed by atoms with Crippen molar-refractivity contribution in [1.29, 1.82) is 0 Å². The van der Waals surface area contributed by atoms with E-state index in [4.69, 9.17) is 0 Å². The van der Waals surface area contributed by atoms with Crippen molar-refractivity contribution in [2.24, 2.45) is 0 Å². The first-order chi connectivity index (χ1) is 11.7. The number of carbonyl (C=O) groups excluding carboxylic acids is 1. The summed E-state index contributed by atoms with van der Waals surface area (Å²) >= 11 is 1.40. The van der Waals surface area contributed by atoms with Crippen LogP contribution in [0.25, 0.3) is 16.8 Å². The molecule has 0 aliphatic rings. The number of fused-ring (bicyclic) bond motifs is 3. The molecule has 0 radical (unpaired) electrons. The highest BCUT2D eigenvalue weighted by Gasteiger charge is 2.19. The Bertz CT molecular complexity index is 1010. The lowest BCUT2D eigenvalue weighted by Crippen LogP contribution is -2.22. The molecular weight excluding hydrogens is 322 g/mol. The van der Waals surface area contributed by atoms with Gasteiger partial charge in [0.25, 0.3) is 0 Å². The second kappa shape index (κ2) is 6.01. The number of nitrogens with zero attached hydrogens (tertiary/aromatic N) is 3. The van der Waals surface area contributed by atoms with E-state index in [0.29, 0.717) is 5.78 Å². The molecule has 0 spiro atoms. The molecule has 2 aromatic carbocycles. The first kappa shape index (κ1) is 14.8. The Morgan fingerprint density at radius 3 is 2.75 bits per heavy atom. The number of imidazole rings is 1. The van der Waals surface area contributed by atoms with Crippen LogP contribution in [0.1, 0.15) is 6.92 Å². The molecule has 120 valence electrons. The zero-order chi connectivity index (χ0) is 16.5. The zero-order valence-electron chi connectivity index (χ0n) is 12.9. The van der Waals surface area contributed by atoms with E-state index >= 15 is 0 Å². The maximum absolute atomic E-state index is 12.4. The van der Waals surface area contributed by atoms with Gasteiger partial charge in [-0.05, 0) is 31.2 Å². The van der Waals surface area contributed by atoms with Crippen LogP contribution in [0.3, 0.4) is 0 Å². The average molecular weight is 337 g/mol. The highest BCUT2D eigenvalue weighted by molar-refractivity contribution is 8.00. The third-order valence-electron chi connectivity index (χ3n) is 3.70. The molecule has 2 N–H and O–H groups in total. The van der Waals surface area contributed by atoms with Crippen molar-refractivity contribution in [3.63, 3.8) is 0 Å². The third kappa shape index (κ3) is 2.63. The normalized spacial score (nSPS) is 12.5. The number of benzene rings is 2. The summed E-state index contributed by atoms with van der Waals surface area (Å²) < 4.78 is 1.94. The topological polar surface area (TPSA) is 75.1 Å².